The zero-order valence-electron chi connectivity index (χ0n) is 11.0. The largest absolute Gasteiger partial charge is 0.308 e. The molecule has 1 N–H and O–H groups in total. The van der Waals surface area contributed by atoms with Crippen molar-refractivity contribution in [3.8, 4) is 0 Å². The molecule has 100 valence electrons. The first-order chi connectivity index (χ1) is 9.29. The summed E-state index contributed by atoms with van der Waals surface area (Å²) in [5.74, 6) is 0. The first-order valence-corrected chi connectivity index (χ1v) is 7.32. The van der Waals surface area contributed by atoms with Crippen LogP contribution >= 0.6 is 15.9 Å². The van der Waals surface area contributed by atoms with E-state index in [1.165, 1.54) is 5.56 Å². The molecule has 3 nitrogen and oxygen atoms in total. The second-order valence-corrected chi connectivity index (χ2v) is 5.39. The molecule has 1 unspecified atom stereocenters. The van der Waals surface area contributed by atoms with E-state index >= 15 is 0 Å². The Morgan fingerprint density at radius 3 is 2.89 bits per heavy atom. The van der Waals surface area contributed by atoms with Crippen molar-refractivity contribution in [1.29, 1.82) is 0 Å². The molecule has 0 saturated heterocycles. The van der Waals surface area contributed by atoms with E-state index < -0.39 is 0 Å². The molecule has 1 atom stereocenters. The quantitative estimate of drug-likeness (QED) is 0.885. The van der Waals surface area contributed by atoms with Crippen molar-refractivity contribution in [2.75, 3.05) is 6.54 Å². The maximum Gasteiger partial charge on any atom is 0.115 e. The average Bonchev–Trinajstić information content (AvgIpc) is 2.44. The van der Waals surface area contributed by atoms with Crippen LogP contribution in [0.3, 0.4) is 0 Å². The van der Waals surface area contributed by atoms with Gasteiger partial charge in [0.15, 0.2) is 0 Å². The SMILES string of the molecule is CCCNC(Cc1cccc(Br)c1)c1ccncn1. The van der Waals surface area contributed by atoms with Crippen LogP contribution in [0.2, 0.25) is 0 Å². The Labute approximate surface area is 122 Å². The predicted octanol–water partition coefficient (Wildman–Crippen LogP) is 3.52. The zero-order chi connectivity index (χ0) is 13.5. The normalized spacial score (nSPS) is 12.3. The Kier molecular flexibility index (Phi) is 5.48. The van der Waals surface area contributed by atoms with Crippen LogP contribution in [0.4, 0.5) is 0 Å². The molecule has 0 aliphatic carbocycles. The Hall–Kier alpha value is -1.26. The van der Waals surface area contributed by atoms with Crippen LogP contribution in [0.1, 0.15) is 30.6 Å². The van der Waals surface area contributed by atoms with Gasteiger partial charge in [-0.15, -0.1) is 0 Å². The van der Waals surface area contributed by atoms with Crippen molar-refractivity contribution >= 4 is 15.9 Å². The zero-order valence-corrected chi connectivity index (χ0v) is 12.6. The van der Waals surface area contributed by atoms with E-state index in [0.29, 0.717) is 0 Å². The van der Waals surface area contributed by atoms with Gasteiger partial charge in [-0.3, -0.25) is 0 Å². The Morgan fingerprint density at radius 1 is 1.32 bits per heavy atom. The number of nitrogens with one attached hydrogen (secondary N) is 1. The maximum absolute atomic E-state index is 4.37. The molecule has 0 spiro atoms. The number of hydrogen-bond donors (Lipinski definition) is 1. The summed E-state index contributed by atoms with van der Waals surface area (Å²) in [6.45, 7) is 3.16. The summed E-state index contributed by atoms with van der Waals surface area (Å²) in [6.07, 6.45) is 5.44. The van der Waals surface area contributed by atoms with E-state index in [1.54, 1.807) is 12.5 Å². The Balaban J connectivity index is 2.14. The molecule has 0 amide bonds. The monoisotopic (exact) mass is 319 g/mol. The molecule has 2 aromatic rings. The smallest absolute Gasteiger partial charge is 0.115 e. The van der Waals surface area contributed by atoms with Gasteiger partial charge in [0, 0.05) is 10.7 Å². The summed E-state index contributed by atoms with van der Waals surface area (Å²) < 4.78 is 1.11. The highest BCUT2D eigenvalue weighted by Crippen LogP contribution is 2.19. The van der Waals surface area contributed by atoms with Gasteiger partial charge in [0.1, 0.15) is 6.33 Å². The van der Waals surface area contributed by atoms with E-state index in [1.807, 2.05) is 12.1 Å². The lowest BCUT2D eigenvalue weighted by molar-refractivity contribution is 0.517. The minimum Gasteiger partial charge on any atom is -0.308 e. The molecule has 1 aromatic heterocycles. The minimum absolute atomic E-state index is 0.234. The number of halogens is 1. The lowest BCUT2D eigenvalue weighted by Crippen LogP contribution is -2.25. The molecule has 0 radical (unpaired) electrons. The summed E-state index contributed by atoms with van der Waals surface area (Å²) in [5.41, 5.74) is 2.34. The maximum atomic E-state index is 4.37. The molecule has 0 fully saturated rings. The molecule has 0 aliphatic rings. The third-order valence-electron chi connectivity index (χ3n) is 2.93. The topological polar surface area (TPSA) is 37.8 Å². The highest BCUT2D eigenvalue weighted by Gasteiger charge is 2.12. The van der Waals surface area contributed by atoms with Crippen molar-refractivity contribution in [2.45, 2.75) is 25.8 Å². The summed E-state index contributed by atoms with van der Waals surface area (Å²) in [6, 6.07) is 10.6. The third kappa shape index (κ3) is 4.40. The Morgan fingerprint density at radius 2 is 2.21 bits per heavy atom. The van der Waals surface area contributed by atoms with Crippen molar-refractivity contribution in [3.05, 3.63) is 58.6 Å². The van der Waals surface area contributed by atoms with Gasteiger partial charge in [0.05, 0.1) is 11.7 Å². The lowest BCUT2D eigenvalue weighted by Gasteiger charge is -2.18. The van der Waals surface area contributed by atoms with Crippen LogP contribution in [-0.4, -0.2) is 16.5 Å². The highest BCUT2D eigenvalue weighted by atomic mass is 79.9. The molecule has 1 heterocycles. The van der Waals surface area contributed by atoms with Gasteiger partial charge in [-0.1, -0.05) is 35.0 Å². The Bertz CT molecular complexity index is 502. The van der Waals surface area contributed by atoms with Crippen LogP contribution in [0.5, 0.6) is 0 Å². The van der Waals surface area contributed by atoms with Crippen molar-refractivity contribution in [3.63, 3.8) is 0 Å². The van der Waals surface area contributed by atoms with Gasteiger partial charge < -0.3 is 5.32 Å². The molecule has 0 aliphatic heterocycles. The molecule has 2 rings (SSSR count). The number of aromatic nitrogens is 2. The molecular formula is C15H18BrN3. The summed E-state index contributed by atoms with van der Waals surface area (Å²) in [7, 11) is 0. The van der Waals surface area contributed by atoms with Gasteiger partial charge in [0.2, 0.25) is 0 Å². The molecule has 0 bridgehead atoms. The molecule has 0 saturated carbocycles. The van der Waals surface area contributed by atoms with Crippen molar-refractivity contribution in [1.82, 2.24) is 15.3 Å². The van der Waals surface area contributed by atoms with E-state index in [0.717, 1.165) is 29.6 Å². The second-order valence-electron chi connectivity index (χ2n) is 4.47. The average molecular weight is 320 g/mol. The standard InChI is InChI=1S/C15H18BrN3/c1-2-7-18-15(14-6-8-17-11-19-14)10-12-4-3-5-13(16)9-12/h3-6,8-9,11,15,18H,2,7,10H2,1H3. The third-order valence-corrected chi connectivity index (χ3v) is 3.42. The summed E-state index contributed by atoms with van der Waals surface area (Å²) in [5, 5.41) is 3.55. The molecular weight excluding hydrogens is 302 g/mol. The van der Waals surface area contributed by atoms with E-state index in [2.05, 4.69) is 56.3 Å². The van der Waals surface area contributed by atoms with Gasteiger partial charge in [-0.25, -0.2) is 9.97 Å². The van der Waals surface area contributed by atoms with Crippen LogP contribution < -0.4 is 5.32 Å². The van der Waals surface area contributed by atoms with Crippen molar-refractivity contribution in [2.24, 2.45) is 0 Å². The predicted molar refractivity (Wildman–Crippen MR) is 80.9 cm³/mol. The van der Waals surface area contributed by atoms with Gasteiger partial charge in [0.25, 0.3) is 0 Å². The summed E-state index contributed by atoms with van der Waals surface area (Å²) >= 11 is 3.51. The van der Waals surface area contributed by atoms with Crippen LogP contribution in [-0.2, 0) is 6.42 Å². The first-order valence-electron chi connectivity index (χ1n) is 6.53. The van der Waals surface area contributed by atoms with E-state index in [-0.39, 0.29) is 6.04 Å². The lowest BCUT2D eigenvalue weighted by atomic mass is 10.0. The van der Waals surface area contributed by atoms with Gasteiger partial charge in [-0.2, -0.15) is 0 Å². The van der Waals surface area contributed by atoms with Crippen molar-refractivity contribution < 1.29 is 0 Å². The van der Waals surface area contributed by atoms with Gasteiger partial charge >= 0.3 is 0 Å². The molecule has 4 heteroatoms. The second kappa shape index (κ2) is 7.36. The molecule has 19 heavy (non-hydrogen) atoms. The number of rotatable bonds is 6. The highest BCUT2D eigenvalue weighted by molar-refractivity contribution is 9.10. The molecule has 1 aromatic carbocycles. The number of nitrogens with zero attached hydrogens (tertiary/aromatic N) is 2. The van der Waals surface area contributed by atoms with E-state index in [9.17, 15) is 0 Å². The number of benzene rings is 1. The fourth-order valence-corrected chi connectivity index (χ4v) is 2.45. The first kappa shape index (κ1) is 14.2. The fraction of sp³-hybridized carbons (Fsp3) is 0.333. The van der Waals surface area contributed by atoms with Gasteiger partial charge in [-0.05, 0) is 43.1 Å². The van der Waals surface area contributed by atoms with Crippen LogP contribution in [0, 0.1) is 0 Å². The van der Waals surface area contributed by atoms with E-state index in [4.69, 9.17) is 0 Å². The number of hydrogen-bond acceptors (Lipinski definition) is 3. The fourth-order valence-electron chi connectivity index (χ4n) is 2.01. The minimum atomic E-state index is 0.234. The summed E-state index contributed by atoms with van der Waals surface area (Å²) in [4.78, 5) is 8.35. The van der Waals surface area contributed by atoms with Crippen LogP contribution in [0.25, 0.3) is 0 Å². The van der Waals surface area contributed by atoms with Crippen LogP contribution in [0.15, 0.2) is 47.3 Å².